The fraction of sp³-hybridized carbons (Fsp3) is 0.231. The predicted molar refractivity (Wildman–Crippen MR) is 78.3 cm³/mol. The Morgan fingerprint density at radius 2 is 2.00 bits per heavy atom. The van der Waals surface area contributed by atoms with Gasteiger partial charge in [-0.1, -0.05) is 22.0 Å². The average molecular weight is 324 g/mol. The number of hydrogen-bond acceptors (Lipinski definition) is 3. The molecule has 0 fully saturated rings. The summed E-state index contributed by atoms with van der Waals surface area (Å²) in [6.45, 7) is 2.53. The molecule has 100 valence electrons. The molecule has 1 heterocycles. The molecule has 1 aromatic carbocycles. The van der Waals surface area contributed by atoms with Gasteiger partial charge in [0.15, 0.2) is 0 Å². The normalized spacial score (nSPS) is 10.6. The first-order chi connectivity index (χ1) is 9.04. The number of hydrogen-bond donors (Lipinski definition) is 1. The molecule has 0 atom stereocenters. The summed E-state index contributed by atoms with van der Waals surface area (Å²) >= 11 is 3.39. The monoisotopic (exact) mass is 323 g/mol. The van der Waals surface area contributed by atoms with Gasteiger partial charge in [-0.15, -0.1) is 0 Å². The lowest BCUT2D eigenvalue weighted by atomic mass is 10.2. The maximum atomic E-state index is 12.1. The van der Waals surface area contributed by atoms with Crippen molar-refractivity contribution in [3.05, 3.63) is 61.3 Å². The van der Waals surface area contributed by atoms with Gasteiger partial charge in [0, 0.05) is 34.5 Å². The molecule has 1 aromatic heterocycles. The Morgan fingerprint density at radius 1 is 1.26 bits per heavy atom. The van der Waals surface area contributed by atoms with Crippen LogP contribution in [-0.2, 0) is 13.1 Å². The molecule has 2 N–H and O–H groups in total. The highest BCUT2D eigenvalue weighted by Gasteiger charge is 2.09. The largest absolute Gasteiger partial charge is 0.398 e. The van der Waals surface area contributed by atoms with Gasteiger partial charge in [0.2, 0.25) is 0 Å². The summed E-state index contributed by atoms with van der Waals surface area (Å²) in [4.78, 5) is 23.9. The van der Waals surface area contributed by atoms with E-state index in [-0.39, 0.29) is 17.8 Å². The van der Waals surface area contributed by atoms with Crippen molar-refractivity contribution < 1.29 is 0 Å². The van der Waals surface area contributed by atoms with E-state index in [0.29, 0.717) is 12.2 Å². The highest BCUT2D eigenvalue weighted by Crippen LogP contribution is 2.22. The van der Waals surface area contributed by atoms with E-state index in [1.54, 1.807) is 12.1 Å². The van der Waals surface area contributed by atoms with Crippen molar-refractivity contribution in [2.24, 2.45) is 0 Å². The lowest BCUT2D eigenvalue weighted by molar-refractivity contribution is 0.600. The molecule has 0 saturated heterocycles. The third kappa shape index (κ3) is 2.63. The van der Waals surface area contributed by atoms with Crippen molar-refractivity contribution in [3.8, 4) is 0 Å². The summed E-state index contributed by atoms with van der Waals surface area (Å²) in [5.74, 6) is 0. The Kier molecular flexibility index (Phi) is 3.90. The maximum absolute atomic E-state index is 12.1. The van der Waals surface area contributed by atoms with Crippen molar-refractivity contribution in [2.75, 3.05) is 5.73 Å². The van der Waals surface area contributed by atoms with E-state index in [2.05, 4.69) is 15.9 Å². The molecule has 0 aliphatic carbocycles. The van der Waals surface area contributed by atoms with Crippen molar-refractivity contribution in [2.45, 2.75) is 20.0 Å². The zero-order valence-electron chi connectivity index (χ0n) is 10.5. The van der Waals surface area contributed by atoms with Crippen molar-refractivity contribution >= 4 is 21.6 Å². The number of benzene rings is 1. The van der Waals surface area contributed by atoms with Crippen LogP contribution in [0.4, 0.5) is 5.69 Å². The highest BCUT2D eigenvalue weighted by atomic mass is 79.9. The number of nitrogens with zero attached hydrogens (tertiary/aromatic N) is 2. The fourth-order valence-electron chi connectivity index (χ4n) is 1.84. The third-order valence-electron chi connectivity index (χ3n) is 2.95. The average Bonchev–Trinajstić information content (AvgIpc) is 2.37. The predicted octanol–water partition coefficient (Wildman–Crippen LogP) is 1.42. The van der Waals surface area contributed by atoms with Crippen LogP contribution in [0.1, 0.15) is 12.5 Å². The Labute approximate surface area is 118 Å². The van der Waals surface area contributed by atoms with Crippen molar-refractivity contribution in [1.82, 2.24) is 9.13 Å². The molecule has 5 nitrogen and oxygen atoms in total. The van der Waals surface area contributed by atoms with E-state index in [4.69, 9.17) is 5.73 Å². The van der Waals surface area contributed by atoms with Gasteiger partial charge >= 0.3 is 5.69 Å². The Morgan fingerprint density at radius 3 is 2.63 bits per heavy atom. The minimum atomic E-state index is -0.329. The van der Waals surface area contributed by atoms with Crippen LogP contribution in [0, 0.1) is 0 Å². The molecule has 2 rings (SSSR count). The lowest BCUT2D eigenvalue weighted by Crippen LogP contribution is -2.39. The van der Waals surface area contributed by atoms with E-state index in [0.717, 1.165) is 10.0 Å². The summed E-state index contributed by atoms with van der Waals surface area (Å²) in [7, 11) is 0. The van der Waals surface area contributed by atoms with Crippen LogP contribution in [0.5, 0.6) is 0 Å². The van der Waals surface area contributed by atoms with E-state index in [1.165, 1.54) is 21.4 Å². The molecular formula is C13H14BrN3O2. The van der Waals surface area contributed by atoms with Gasteiger partial charge in [0.05, 0.1) is 6.54 Å². The first-order valence-electron chi connectivity index (χ1n) is 5.87. The molecule has 19 heavy (non-hydrogen) atoms. The van der Waals surface area contributed by atoms with Crippen LogP contribution in [0.2, 0.25) is 0 Å². The molecule has 2 aromatic rings. The second-order valence-electron chi connectivity index (χ2n) is 4.12. The standard InChI is InChI=1S/C13H14BrN3O2/c1-2-16-7-6-12(18)17(13(16)19)8-9-10(14)4-3-5-11(9)15/h3-7H,2,8,15H2,1H3. The number of aryl methyl sites for hydroxylation is 1. The first kappa shape index (κ1) is 13.6. The highest BCUT2D eigenvalue weighted by molar-refractivity contribution is 9.10. The third-order valence-corrected chi connectivity index (χ3v) is 3.69. The number of anilines is 1. The fourth-order valence-corrected chi connectivity index (χ4v) is 2.35. The van der Waals surface area contributed by atoms with Gasteiger partial charge in [-0.3, -0.25) is 9.36 Å². The zero-order chi connectivity index (χ0) is 14.0. The summed E-state index contributed by atoms with van der Waals surface area (Å²) in [6.07, 6.45) is 1.50. The SMILES string of the molecule is CCn1ccc(=O)n(Cc2c(N)cccc2Br)c1=O. The molecule has 0 unspecified atom stereocenters. The van der Waals surface area contributed by atoms with Gasteiger partial charge < -0.3 is 10.3 Å². The van der Waals surface area contributed by atoms with Crippen LogP contribution in [0.3, 0.4) is 0 Å². The second kappa shape index (κ2) is 5.44. The van der Waals surface area contributed by atoms with Crippen LogP contribution >= 0.6 is 15.9 Å². The van der Waals surface area contributed by atoms with E-state index in [1.807, 2.05) is 13.0 Å². The zero-order valence-corrected chi connectivity index (χ0v) is 12.1. The van der Waals surface area contributed by atoms with Gasteiger partial charge in [-0.05, 0) is 19.1 Å². The Hall–Kier alpha value is -1.82. The number of rotatable bonds is 3. The topological polar surface area (TPSA) is 70.0 Å². The smallest absolute Gasteiger partial charge is 0.331 e. The lowest BCUT2D eigenvalue weighted by Gasteiger charge is -2.11. The molecule has 0 saturated carbocycles. The van der Waals surface area contributed by atoms with Crippen LogP contribution < -0.4 is 17.0 Å². The molecule has 0 radical (unpaired) electrons. The molecule has 6 heteroatoms. The van der Waals surface area contributed by atoms with Gasteiger partial charge in [0.25, 0.3) is 5.56 Å². The van der Waals surface area contributed by atoms with Gasteiger partial charge in [-0.25, -0.2) is 4.79 Å². The number of nitrogen functional groups attached to an aromatic ring is 1. The maximum Gasteiger partial charge on any atom is 0.331 e. The van der Waals surface area contributed by atoms with E-state index in [9.17, 15) is 9.59 Å². The summed E-state index contributed by atoms with van der Waals surface area (Å²) in [5.41, 5.74) is 6.51. The summed E-state index contributed by atoms with van der Waals surface area (Å²) in [5, 5.41) is 0. The van der Waals surface area contributed by atoms with Crippen molar-refractivity contribution in [3.63, 3.8) is 0 Å². The number of halogens is 1. The molecule has 0 spiro atoms. The van der Waals surface area contributed by atoms with Crippen molar-refractivity contribution in [1.29, 1.82) is 0 Å². The second-order valence-corrected chi connectivity index (χ2v) is 4.97. The van der Waals surface area contributed by atoms with Crippen LogP contribution in [0.15, 0.2) is 44.5 Å². The minimum Gasteiger partial charge on any atom is -0.398 e. The van der Waals surface area contributed by atoms with Crippen LogP contribution in [-0.4, -0.2) is 9.13 Å². The molecular weight excluding hydrogens is 310 g/mol. The molecule has 0 amide bonds. The number of aromatic nitrogens is 2. The molecule has 0 bridgehead atoms. The first-order valence-corrected chi connectivity index (χ1v) is 6.67. The summed E-state index contributed by atoms with van der Waals surface area (Å²) < 4.78 is 3.44. The van der Waals surface area contributed by atoms with E-state index < -0.39 is 0 Å². The molecule has 0 aliphatic heterocycles. The minimum absolute atomic E-state index is 0.158. The Bertz CT molecular complexity index is 698. The Balaban J connectivity index is 2.56. The quantitative estimate of drug-likeness (QED) is 0.868. The summed E-state index contributed by atoms with van der Waals surface area (Å²) in [6, 6.07) is 6.77. The van der Waals surface area contributed by atoms with Crippen LogP contribution in [0.25, 0.3) is 0 Å². The molecule has 0 aliphatic rings. The van der Waals surface area contributed by atoms with E-state index >= 15 is 0 Å². The van der Waals surface area contributed by atoms with Gasteiger partial charge in [-0.2, -0.15) is 0 Å². The van der Waals surface area contributed by atoms with Gasteiger partial charge in [0.1, 0.15) is 0 Å². The number of nitrogens with two attached hydrogens (primary N) is 1.